The van der Waals surface area contributed by atoms with Gasteiger partial charge in [-0.2, -0.15) is 0 Å². The minimum Gasteiger partial charge on any atom is -0.289 e. The Balaban J connectivity index is 1.94. The highest BCUT2D eigenvalue weighted by Crippen LogP contribution is 2.53. The minimum absolute atomic E-state index is 0.0169. The fourth-order valence-electron chi connectivity index (χ4n) is 2.81. The smallest absolute Gasteiger partial charge is 0.185 e. The van der Waals surface area contributed by atoms with Gasteiger partial charge in [-0.15, -0.1) is 0 Å². The molecule has 0 N–H and O–H groups in total. The Morgan fingerprint density at radius 1 is 1.00 bits per heavy atom. The van der Waals surface area contributed by atoms with Gasteiger partial charge in [0.05, 0.1) is 0 Å². The number of allylic oxidation sites excluding steroid dienone is 1. The lowest BCUT2D eigenvalue weighted by molar-refractivity contribution is 0.104. The fourth-order valence-corrected chi connectivity index (χ4v) is 2.81. The van der Waals surface area contributed by atoms with E-state index in [0.717, 1.165) is 0 Å². The van der Waals surface area contributed by atoms with Crippen LogP contribution in [0.25, 0.3) is 0 Å². The van der Waals surface area contributed by atoms with Gasteiger partial charge in [-0.3, -0.25) is 4.79 Å². The zero-order chi connectivity index (χ0) is 14.2. The van der Waals surface area contributed by atoms with Crippen LogP contribution in [-0.4, -0.2) is 5.78 Å². The van der Waals surface area contributed by atoms with Crippen molar-refractivity contribution in [3.63, 3.8) is 0 Å². The summed E-state index contributed by atoms with van der Waals surface area (Å²) in [6.07, 6.45) is 3.73. The Morgan fingerprint density at radius 2 is 1.50 bits per heavy atom. The van der Waals surface area contributed by atoms with E-state index < -0.39 is 0 Å². The molecule has 2 aromatic rings. The quantitative estimate of drug-likeness (QED) is 0.588. The summed E-state index contributed by atoms with van der Waals surface area (Å²) in [6, 6.07) is 16.8. The lowest BCUT2D eigenvalue weighted by atomic mass is 9.87. The number of rotatable bonds is 4. The third-order valence-corrected chi connectivity index (χ3v) is 4.26. The molecule has 3 rings (SSSR count). The maximum atomic E-state index is 11.6. The third-order valence-electron chi connectivity index (χ3n) is 4.26. The largest absolute Gasteiger partial charge is 0.289 e. The van der Waals surface area contributed by atoms with E-state index in [4.69, 9.17) is 0 Å². The monoisotopic (exact) mass is 262 g/mol. The van der Waals surface area contributed by atoms with Gasteiger partial charge in [0.1, 0.15) is 0 Å². The first-order chi connectivity index (χ1) is 9.65. The first-order valence-corrected chi connectivity index (χ1v) is 7.00. The molecule has 1 aliphatic rings. The molecule has 1 saturated carbocycles. The van der Waals surface area contributed by atoms with Crippen LogP contribution in [0.15, 0.2) is 61.2 Å². The highest BCUT2D eigenvalue weighted by molar-refractivity contribution is 6.04. The van der Waals surface area contributed by atoms with Crippen molar-refractivity contribution >= 4 is 5.78 Å². The second kappa shape index (κ2) is 4.75. The van der Waals surface area contributed by atoms with Gasteiger partial charge in [0.2, 0.25) is 0 Å². The molecule has 100 valence electrons. The molecular formula is C19H18O. The van der Waals surface area contributed by atoms with Gasteiger partial charge < -0.3 is 0 Å². The number of ketones is 1. The van der Waals surface area contributed by atoms with Crippen molar-refractivity contribution < 1.29 is 4.79 Å². The van der Waals surface area contributed by atoms with E-state index >= 15 is 0 Å². The molecule has 0 aliphatic heterocycles. The average Bonchev–Trinajstić information content (AvgIpc) is 3.29. The zero-order valence-electron chi connectivity index (χ0n) is 11.7. The number of hydrogen-bond donors (Lipinski definition) is 0. The normalized spacial score (nSPS) is 15.7. The van der Waals surface area contributed by atoms with Crippen molar-refractivity contribution in [2.45, 2.75) is 25.2 Å². The zero-order valence-corrected chi connectivity index (χ0v) is 11.7. The van der Waals surface area contributed by atoms with Crippen LogP contribution in [0.3, 0.4) is 0 Å². The molecule has 0 aromatic heterocycles. The van der Waals surface area contributed by atoms with Gasteiger partial charge in [-0.1, -0.05) is 60.7 Å². The van der Waals surface area contributed by atoms with E-state index in [1.165, 1.54) is 35.6 Å². The summed E-state index contributed by atoms with van der Waals surface area (Å²) >= 11 is 0. The van der Waals surface area contributed by atoms with Gasteiger partial charge in [0.25, 0.3) is 0 Å². The molecule has 0 bridgehead atoms. The Morgan fingerprint density at radius 3 is 1.95 bits per heavy atom. The molecule has 20 heavy (non-hydrogen) atoms. The lowest BCUT2D eigenvalue weighted by Crippen LogP contribution is -2.09. The summed E-state index contributed by atoms with van der Waals surface area (Å²) in [5.74, 6) is -0.0169. The summed E-state index contributed by atoms with van der Waals surface area (Å²) in [5.41, 5.74) is 4.86. The van der Waals surface area contributed by atoms with Crippen molar-refractivity contribution in [2.75, 3.05) is 0 Å². The van der Waals surface area contributed by atoms with Crippen LogP contribution in [0.2, 0.25) is 0 Å². The molecule has 0 amide bonds. The fraction of sp³-hybridized carbons (Fsp3) is 0.211. The van der Waals surface area contributed by atoms with Crippen LogP contribution < -0.4 is 0 Å². The Kier molecular flexibility index (Phi) is 3.06. The molecule has 0 spiro atoms. The molecule has 2 aromatic carbocycles. The molecular weight excluding hydrogens is 244 g/mol. The molecule has 1 fully saturated rings. The van der Waals surface area contributed by atoms with Gasteiger partial charge in [-0.05, 0) is 37.0 Å². The van der Waals surface area contributed by atoms with Crippen LogP contribution >= 0.6 is 0 Å². The average molecular weight is 262 g/mol. The maximum Gasteiger partial charge on any atom is 0.185 e. The Labute approximate surface area is 120 Å². The highest BCUT2D eigenvalue weighted by Gasteiger charge is 2.45. The van der Waals surface area contributed by atoms with Crippen molar-refractivity contribution in [3.05, 3.63) is 83.4 Å². The van der Waals surface area contributed by atoms with Crippen LogP contribution in [0, 0.1) is 6.92 Å². The minimum atomic E-state index is -0.0169. The molecule has 0 radical (unpaired) electrons. The van der Waals surface area contributed by atoms with E-state index in [1.54, 1.807) is 0 Å². The number of carbonyl (C=O) groups excluding carboxylic acids is 1. The summed E-state index contributed by atoms with van der Waals surface area (Å²) in [7, 11) is 0. The summed E-state index contributed by atoms with van der Waals surface area (Å²) in [6.45, 7) is 5.64. The van der Waals surface area contributed by atoms with Crippen molar-refractivity contribution in [3.8, 4) is 0 Å². The first-order valence-electron chi connectivity index (χ1n) is 7.00. The molecule has 0 atom stereocenters. The van der Waals surface area contributed by atoms with Crippen molar-refractivity contribution in [1.29, 1.82) is 0 Å². The first kappa shape index (κ1) is 12.9. The van der Waals surface area contributed by atoms with Crippen LogP contribution in [-0.2, 0) is 5.41 Å². The predicted octanol–water partition coefficient (Wildman–Crippen LogP) is 4.44. The van der Waals surface area contributed by atoms with E-state index in [1.807, 2.05) is 12.1 Å². The topological polar surface area (TPSA) is 17.1 Å². The maximum absolute atomic E-state index is 11.6. The van der Waals surface area contributed by atoms with E-state index in [9.17, 15) is 4.79 Å². The van der Waals surface area contributed by atoms with Gasteiger partial charge in [-0.25, -0.2) is 0 Å². The van der Waals surface area contributed by atoms with Crippen molar-refractivity contribution in [2.24, 2.45) is 0 Å². The SMILES string of the molecule is C=CC(=O)c1ccc(C2(c3ccc(C)cc3)CC2)cc1. The van der Waals surface area contributed by atoms with Gasteiger partial charge in [0.15, 0.2) is 5.78 Å². The lowest BCUT2D eigenvalue weighted by Gasteiger charge is -2.17. The second-order valence-electron chi connectivity index (χ2n) is 5.59. The standard InChI is InChI=1S/C19H18O/c1-3-18(20)15-6-10-17(11-7-15)19(12-13-19)16-8-4-14(2)5-9-16/h3-11H,1,12-13H2,2H3. The van der Waals surface area contributed by atoms with E-state index in [-0.39, 0.29) is 11.2 Å². The van der Waals surface area contributed by atoms with Gasteiger partial charge >= 0.3 is 0 Å². The number of carbonyl (C=O) groups is 1. The molecule has 1 heteroatoms. The highest BCUT2D eigenvalue weighted by atomic mass is 16.1. The Hall–Kier alpha value is -2.15. The summed E-state index contributed by atoms with van der Waals surface area (Å²) < 4.78 is 0. The Bertz CT molecular complexity index is 643. The van der Waals surface area contributed by atoms with Crippen molar-refractivity contribution in [1.82, 2.24) is 0 Å². The van der Waals surface area contributed by atoms with Crippen LogP contribution in [0.4, 0.5) is 0 Å². The van der Waals surface area contributed by atoms with E-state index in [2.05, 4.69) is 49.9 Å². The number of hydrogen-bond acceptors (Lipinski definition) is 1. The molecule has 1 nitrogen and oxygen atoms in total. The predicted molar refractivity (Wildman–Crippen MR) is 82.2 cm³/mol. The summed E-state index contributed by atoms with van der Waals surface area (Å²) in [4.78, 5) is 11.6. The second-order valence-corrected chi connectivity index (χ2v) is 5.59. The number of aryl methyl sites for hydroxylation is 1. The summed E-state index contributed by atoms with van der Waals surface area (Å²) in [5, 5.41) is 0. The molecule has 1 aliphatic carbocycles. The van der Waals surface area contributed by atoms with Gasteiger partial charge in [0, 0.05) is 11.0 Å². The molecule has 0 heterocycles. The van der Waals surface area contributed by atoms with Crippen LogP contribution in [0.1, 0.15) is 39.9 Å². The van der Waals surface area contributed by atoms with Crippen LogP contribution in [0.5, 0.6) is 0 Å². The number of benzene rings is 2. The molecule has 0 saturated heterocycles. The third kappa shape index (κ3) is 2.09. The van der Waals surface area contributed by atoms with E-state index in [0.29, 0.717) is 5.56 Å². The molecule has 0 unspecified atom stereocenters.